The molecule has 4 rings (SSSR count). The van der Waals surface area contributed by atoms with Gasteiger partial charge in [0.2, 0.25) is 0 Å². The summed E-state index contributed by atoms with van der Waals surface area (Å²) in [5.74, 6) is 5.56. The number of rotatable bonds is 29. The summed E-state index contributed by atoms with van der Waals surface area (Å²) in [7, 11) is 16.2. The summed E-state index contributed by atoms with van der Waals surface area (Å²) in [6.07, 6.45) is 26.1. The van der Waals surface area contributed by atoms with Crippen molar-refractivity contribution in [1.82, 2.24) is 44.5 Å². The zero-order valence-corrected chi connectivity index (χ0v) is 89.9. The van der Waals surface area contributed by atoms with Crippen LogP contribution >= 0.6 is 218 Å². The van der Waals surface area contributed by atoms with Crippen molar-refractivity contribution >= 4 is 269 Å². The molecular weight excluding hydrogens is 1800 g/mol. The number of H-pyrrole nitrogens is 2. The first-order valence-electron chi connectivity index (χ1n) is 28.2. The zero-order chi connectivity index (χ0) is 73.9. The van der Waals surface area contributed by atoms with Crippen molar-refractivity contribution in [3.63, 3.8) is 0 Å². The molecule has 0 saturated carbocycles. The molecular formula is C56H116N12P6S18Zn3-8. The second kappa shape index (κ2) is 94.7. The van der Waals surface area contributed by atoms with Crippen LogP contribution < -0.4 is 11.3 Å². The van der Waals surface area contributed by atoms with Gasteiger partial charge in [-0.3, -0.25) is 11.3 Å². The fraction of sp³-hybridized carbons (Fsp3) is 0.679. The first-order chi connectivity index (χ1) is 44.1. The van der Waals surface area contributed by atoms with Crippen molar-refractivity contribution in [3.05, 3.63) is 102 Å². The van der Waals surface area contributed by atoms with Gasteiger partial charge in [-0.1, -0.05) is 106 Å². The van der Waals surface area contributed by atoms with E-state index in [1.54, 1.807) is 136 Å². The monoisotopic (exact) mass is 1910 g/mol. The summed E-state index contributed by atoms with van der Waals surface area (Å²) in [4.78, 5) is 23.2. The molecule has 24 unspecified atom stereocenters. The second-order valence-electron chi connectivity index (χ2n) is 17.4. The number of nitrogens with zero attached hydrogens (tertiary/aromatic N) is 8. The number of aromatic amines is 2. The summed E-state index contributed by atoms with van der Waals surface area (Å²) < 4.78 is 4.11. The SMILES string of the molecule is CC(S)C(C)S.CC(S)C(S)CC(S)C(S)C(c1cnc[nH]1)C(C)c1cnc[nH]1.CC(SP)C(C)SP.CC(SP)C(CC(SC#N)C(SC#N)C(C(C)n1ccnc1)n1ccnc1)SP.CC(SP)C(CNN)SP.C[S-].C[S-].C[S-].C[S-].[CH2-]C.[CH2-]C.[CH2-]C.[CH2-]C.[Zn].[Zn].[Zn]. The van der Waals surface area contributed by atoms with Crippen molar-refractivity contribution < 1.29 is 58.4 Å². The molecule has 4 heterocycles. The van der Waals surface area contributed by atoms with Gasteiger partial charge in [-0.2, -0.15) is 139 Å². The molecule has 0 bridgehead atoms. The maximum absolute atomic E-state index is 9.62. The van der Waals surface area contributed by atoms with Crippen molar-refractivity contribution in [2.45, 2.75) is 200 Å². The zero-order valence-electron chi connectivity index (χ0n) is 58.9. The molecule has 4 aromatic rings. The third-order valence-electron chi connectivity index (χ3n) is 12.1. The topological polar surface area (TPSA) is 179 Å². The smallest absolute Gasteiger partial charge is 0.133 e. The van der Waals surface area contributed by atoms with Gasteiger partial charge < -0.3 is 97.3 Å². The molecule has 4 aromatic heterocycles. The Kier molecular flexibility index (Phi) is 128. The van der Waals surface area contributed by atoms with E-state index in [1.807, 2.05) is 72.9 Å². The van der Waals surface area contributed by atoms with Gasteiger partial charge in [-0.05, 0) is 43.3 Å². The summed E-state index contributed by atoms with van der Waals surface area (Å²) >= 11 is 56.6. The van der Waals surface area contributed by atoms with Crippen molar-refractivity contribution in [1.29, 1.82) is 10.5 Å². The Balaban J connectivity index is -0.0000000927. The molecule has 0 aliphatic heterocycles. The Bertz CT molecular complexity index is 2060. The molecule has 12 nitrogen and oxygen atoms in total. The van der Waals surface area contributed by atoms with Crippen molar-refractivity contribution in [2.75, 3.05) is 31.6 Å². The molecule has 0 fully saturated rings. The van der Waals surface area contributed by atoms with E-state index in [2.05, 4.69) is 272 Å². The van der Waals surface area contributed by atoms with E-state index in [-0.39, 0.29) is 114 Å². The van der Waals surface area contributed by atoms with E-state index in [0.717, 1.165) is 41.3 Å². The summed E-state index contributed by atoms with van der Waals surface area (Å²) in [6, 6.07) is -0.0219. The van der Waals surface area contributed by atoms with Crippen LogP contribution in [0.1, 0.15) is 138 Å². The normalized spacial score (nSPS) is 15.2. The van der Waals surface area contributed by atoms with Crippen LogP contribution in [0.2, 0.25) is 0 Å². The predicted octanol–water partition coefficient (Wildman–Crippen LogP) is 18.6. The summed E-state index contributed by atoms with van der Waals surface area (Å²) in [5, 5.41) is 28.4. The maximum atomic E-state index is 9.62. The average Bonchev–Trinajstić information content (AvgIpc) is 1.81. The molecule has 0 aliphatic rings. The molecule has 39 heteroatoms. The van der Waals surface area contributed by atoms with Crippen LogP contribution in [0, 0.1) is 49.0 Å². The van der Waals surface area contributed by atoms with Crippen LogP contribution in [0.3, 0.4) is 0 Å². The van der Waals surface area contributed by atoms with Crippen LogP contribution in [-0.4, -0.2) is 144 Å². The van der Waals surface area contributed by atoms with Gasteiger partial charge in [0.25, 0.3) is 0 Å². The quantitative estimate of drug-likeness (QED) is 0.00362. The van der Waals surface area contributed by atoms with Gasteiger partial charge >= 0.3 is 0 Å². The third-order valence-corrected chi connectivity index (χ3v) is 30.8. The van der Waals surface area contributed by atoms with Gasteiger partial charge in [-0.25, -0.2) is 19.9 Å². The number of nitriles is 2. The van der Waals surface area contributed by atoms with E-state index in [4.69, 9.17) is 31.1 Å². The molecule has 24 atom stereocenters. The largest absolute Gasteiger partial charge is 0.796 e. The average molecular weight is 1920 g/mol. The molecule has 0 amide bonds. The third kappa shape index (κ3) is 63.9. The van der Waals surface area contributed by atoms with Gasteiger partial charge in [0.05, 0.1) is 42.6 Å². The minimum Gasteiger partial charge on any atom is -0.796 e. The fourth-order valence-corrected chi connectivity index (χ4v) is 20.0. The number of hydrogen-bond donors (Lipinski definition) is 10. The molecule has 0 radical (unpaired) electrons. The fourth-order valence-electron chi connectivity index (χ4n) is 6.72. The molecule has 0 saturated heterocycles. The predicted molar refractivity (Wildman–Crippen MR) is 492 cm³/mol. The Morgan fingerprint density at radius 1 is 0.526 bits per heavy atom. The Morgan fingerprint density at radius 3 is 1.21 bits per heavy atom. The molecule has 0 aliphatic carbocycles. The number of hydrazine groups is 1. The number of hydrogen-bond acceptors (Lipinski definition) is 26. The second-order valence-corrected chi connectivity index (χ2v) is 34.5. The van der Waals surface area contributed by atoms with Crippen LogP contribution in [0.25, 0.3) is 0 Å². The van der Waals surface area contributed by atoms with E-state index >= 15 is 0 Å². The van der Waals surface area contributed by atoms with Crippen molar-refractivity contribution in [3.8, 4) is 10.8 Å². The number of nitrogens with two attached hydrogens (primary N) is 1. The van der Waals surface area contributed by atoms with Crippen LogP contribution in [0.4, 0.5) is 0 Å². The number of thiocyanates is 2. The Labute approximate surface area is 722 Å². The van der Waals surface area contributed by atoms with E-state index in [9.17, 15) is 10.5 Å². The van der Waals surface area contributed by atoms with Gasteiger partial charge in [0, 0.05) is 194 Å². The Hall–Kier alpha value is 6.49. The van der Waals surface area contributed by atoms with E-state index < -0.39 is 0 Å². The molecule has 552 valence electrons. The molecule has 5 N–H and O–H groups in total. The maximum Gasteiger partial charge on any atom is 0.133 e. The first-order valence-corrected chi connectivity index (χ1v) is 50.5. The first kappa shape index (κ1) is 128. The van der Waals surface area contributed by atoms with Gasteiger partial charge in [0.15, 0.2) is 0 Å². The standard InChI is InChI=1S/C17H24N6P2S4.C15H24N4S4.C4H14N2P2S2.C4H12P2S2.C4H10S2.4C2H5.4CH4S.3Zn/c1-12(22-5-3-20-10-22)16(23-6-4-21-11-23)17(27-9-19)15(26-8-18)7-14(29-25)13(2)28-24;1-8(10-4-16-6-18-10)14(11-5-17-7-19-11)15(23)13(22)3-12(21)9(2)20;1-3(9-7)4(10-8)2-6-5;1-3(7-5)4(2)8-6;1-3(5)4(2)6;8*1-2;;;/h3-6,10-17H,7,24-25H2,1-2H3;4-9,12-15,20-23H,3H2,1-2H3,(H,16,18)(H,17,19);3-4,6H,2,5,7-8H2,1H3;3-4H,5-6H2,1-2H3;3-6H,1-2H3;4*1H2,2H3;4*2H,1H3;;;/q;;;;;4*-1;;;;;;;/p-4. The van der Waals surface area contributed by atoms with E-state index in [0.29, 0.717) is 31.5 Å². The number of thiol groups is 6. The summed E-state index contributed by atoms with van der Waals surface area (Å²) in [6.45, 7) is 40.1. The van der Waals surface area contributed by atoms with Crippen LogP contribution in [0.5, 0.6) is 0 Å². The minimum absolute atomic E-state index is 0. The summed E-state index contributed by atoms with van der Waals surface area (Å²) in [5.41, 5.74) is 4.81. The molecule has 0 aromatic carbocycles. The van der Waals surface area contributed by atoms with Gasteiger partial charge in [-0.15, -0.1) is 68.3 Å². The minimum atomic E-state index is -0.0994. The number of thioether (sulfide) groups is 2. The van der Waals surface area contributed by atoms with Crippen LogP contribution in [0.15, 0.2) is 62.5 Å². The number of imidazole rings is 4. The van der Waals surface area contributed by atoms with Gasteiger partial charge in [0.1, 0.15) is 10.8 Å². The van der Waals surface area contributed by atoms with Crippen molar-refractivity contribution in [2.24, 2.45) is 5.84 Å². The van der Waals surface area contributed by atoms with E-state index in [1.165, 1.54) is 23.5 Å². The number of nitrogens with one attached hydrogen (secondary N) is 3. The number of aromatic nitrogens is 8. The molecule has 0 spiro atoms. The molecule has 95 heavy (non-hydrogen) atoms. The Morgan fingerprint density at radius 2 is 0.905 bits per heavy atom. The van der Waals surface area contributed by atoms with Crippen LogP contribution in [-0.2, 0) is 109 Å².